The molecule has 2 amide bonds. The molecule has 4 nitrogen and oxygen atoms in total. The van der Waals surface area contributed by atoms with Crippen LogP contribution in [0, 0.1) is 5.92 Å². The number of benzene rings is 1. The first kappa shape index (κ1) is 17.8. The average Bonchev–Trinajstić information content (AvgIpc) is 2.55. The van der Waals surface area contributed by atoms with Gasteiger partial charge in [-0.05, 0) is 36.8 Å². The fourth-order valence-corrected chi connectivity index (χ4v) is 3.15. The number of halogens is 1. The minimum Gasteiger partial charge on any atom is -0.356 e. The van der Waals surface area contributed by atoms with E-state index in [9.17, 15) is 9.59 Å². The smallest absolute Gasteiger partial charge is 0.227 e. The van der Waals surface area contributed by atoms with Crippen LogP contribution in [0.3, 0.4) is 0 Å². The van der Waals surface area contributed by atoms with E-state index in [1.165, 1.54) is 0 Å². The van der Waals surface area contributed by atoms with Crippen LogP contribution in [-0.4, -0.2) is 36.3 Å². The van der Waals surface area contributed by atoms with Gasteiger partial charge in [0, 0.05) is 31.1 Å². The minimum atomic E-state index is 0.104. The number of hydrogen-bond donors (Lipinski definition) is 1. The van der Waals surface area contributed by atoms with Crippen molar-refractivity contribution in [3.63, 3.8) is 0 Å². The first-order chi connectivity index (χ1) is 11.1. The fourth-order valence-electron chi connectivity index (χ4n) is 2.95. The highest BCUT2D eigenvalue weighted by atomic mass is 35.5. The Hall–Kier alpha value is -1.55. The van der Waals surface area contributed by atoms with Gasteiger partial charge in [-0.3, -0.25) is 9.59 Å². The molecule has 1 atom stereocenters. The van der Waals surface area contributed by atoms with E-state index in [1.54, 1.807) is 0 Å². The first-order valence-electron chi connectivity index (χ1n) is 8.38. The van der Waals surface area contributed by atoms with Crippen molar-refractivity contribution in [3.8, 4) is 0 Å². The molecule has 1 N–H and O–H groups in total. The summed E-state index contributed by atoms with van der Waals surface area (Å²) in [7, 11) is 0. The molecule has 5 heteroatoms. The molecule has 126 valence electrons. The maximum Gasteiger partial charge on any atom is 0.227 e. The standard InChI is InChI=1S/C18H25ClN2O2/c1-2-6-17(22)20-12-14-7-5-10-21(13-14)18(23)11-15-8-3-4-9-16(15)19/h3-4,8-9,14H,2,5-7,10-13H2,1H3,(H,20,22)/t14-/m1/s1. The molecule has 0 unspecified atom stereocenters. The number of nitrogens with zero attached hydrogens (tertiary/aromatic N) is 1. The van der Waals surface area contributed by atoms with E-state index in [2.05, 4.69) is 5.32 Å². The van der Waals surface area contributed by atoms with Crippen molar-refractivity contribution >= 4 is 23.4 Å². The summed E-state index contributed by atoms with van der Waals surface area (Å²) >= 11 is 6.13. The molecule has 1 aromatic rings. The maximum absolute atomic E-state index is 12.5. The Balaban J connectivity index is 1.84. The zero-order chi connectivity index (χ0) is 16.7. The molecular weight excluding hydrogens is 312 g/mol. The molecule has 1 aromatic carbocycles. The predicted molar refractivity (Wildman–Crippen MR) is 92.4 cm³/mol. The van der Waals surface area contributed by atoms with E-state index in [-0.39, 0.29) is 11.8 Å². The van der Waals surface area contributed by atoms with Crippen LogP contribution in [0.4, 0.5) is 0 Å². The number of piperidine rings is 1. The van der Waals surface area contributed by atoms with Crippen LogP contribution in [0.15, 0.2) is 24.3 Å². The molecule has 1 fully saturated rings. The molecule has 1 aliphatic rings. The van der Waals surface area contributed by atoms with Gasteiger partial charge in [0.15, 0.2) is 0 Å². The summed E-state index contributed by atoms with van der Waals surface area (Å²) in [5, 5.41) is 3.61. The van der Waals surface area contributed by atoms with Crippen molar-refractivity contribution in [1.29, 1.82) is 0 Å². The molecule has 0 bridgehead atoms. The van der Waals surface area contributed by atoms with Crippen molar-refractivity contribution in [2.24, 2.45) is 5.92 Å². The van der Waals surface area contributed by atoms with E-state index >= 15 is 0 Å². The zero-order valence-corrected chi connectivity index (χ0v) is 14.4. The van der Waals surface area contributed by atoms with E-state index in [1.807, 2.05) is 36.1 Å². The molecule has 1 aliphatic heterocycles. The van der Waals surface area contributed by atoms with Gasteiger partial charge in [0.2, 0.25) is 11.8 Å². The number of carbonyl (C=O) groups excluding carboxylic acids is 2. The van der Waals surface area contributed by atoms with Crippen molar-refractivity contribution < 1.29 is 9.59 Å². The lowest BCUT2D eigenvalue weighted by atomic mass is 9.97. The van der Waals surface area contributed by atoms with E-state index < -0.39 is 0 Å². The summed E-state index contributed by atoms with van der Waals surface area (Å²) in [5.74, 6) is 0.564. The van der Waals surface area contributed by atoms with Gasteiger partial charge in [0.05, 0.1) is 6.42 Å². The van der Waals surface area contributed by atoms with Gasteiger partial charge in [0.1, 0.15) is 0 Å². The summed E-state index contributed by atoms with van der Waals surface area (Å²) in [6, 6.07) is 7.47. The molecule has 1 heterocycles. The molecule has 1 saturated heterocycles. The molecule has 0 aromatic heterocycles. The summed E-state index contributed by atoms with van der Waals surface area (Å²) in [4.78, 5) is 26.0. The third kappa shape index (κ3) is 5.54. The van der Waals surface area contributed by atoms with Crippen LogP contribution >= 0.6 is 11.6 Å². The Morgan fingerprint density at radius 1 is 1.35 bits per heavy atom. The van der Waals surface area contributed by atoms with Crippen molar-refractivity contribution in [2.45, 2.75) is 39.0 Å². The monoisotopic (exact) mass is 336 g/mol. The van der Waals surface area contributed by atoms with Crippen LogP contribution in [0.25, 0.3) is 0 Å². The topological polar surface area (TPSA) is 49.4 Å². The Kier molecular flexibility index (Phi) is 6.90. The highest BCUT2D eigenvalue weighted by Crippen LogP contribution is 2.20. The second-order valence-electron chi connectivity index (χ2n) is 6.17. The summed E-state index contributed by atoms with van der Waals surface area (Å²) in [5.41, 5.74) is 0.873. The molecule has 0 saturated carbocycles. The number of amides is 2. The highest BCUT2D eigenvalue weighted by Gasteiger charge is 2.24. The number of rotatable bonds is 6. The highest BCUT2D eigenvalue weighted by molar-refractivity contribution is 6.31. The molecule has 0 spiro atoms. The molecule has 2 rings (SSSR count). The van der Waals surface area contributed by atoms with Gasteiger partial charge in [-0.2, -0.15) is 0 Å². The van der Waals surface area contributed by atoms with Gasteiger partial charge in [-0.1, -0.05) is 36.7 Å². The predicted octanol–water partition coefficient (Wildman–Crippen LogP) is 3.04. The van der Waals surface area contributed by atoms with Gasteiger partial charge >= 0.3 is 0 Å². The Morgan fingerprint density at radius 3 is 2.87 bits per heavy atom. The Bertz CT molecular complexity index is 548. The summed E-state index contributed by atoms with van der Waals surface area (Å²) in [6.07, 6.45) is 3.82. The quantitative estimate of drug-likeness (QED) is 0.868. The summed E-state index contributed by atoms with van der Waals surface area (Å²) in [6.45, 7) is 4.17. The number of likely N-dealkylation sites (tertiary alicyclic amines) is 1. The van der Waals surface area contributed by atoms with Gasteiger partial charge in [0.25, 0.3) is 0 Å². The van der Waals surface area contributed by atoms with E-state index in [0.717, 1.165) is 37.9 Å². The average molecular weight is 337 g/mol. The zero-order valence-electron chi connectivity index (χ0n) is 13.7. The maximum atomic E-state index is 12.5. The second kappa shape index (κ2) is 8.92. The number of nitrogens with one attached hydrogen (secondary N) is 1. The lowest BCUT2D eigenvalue weighted by Gasteiger charge is -2.33. The lowest BCUT2D eigenvalue weighted by molar-refractivity contribution is -0.132. The molecule has 23 heavy (non-hydrogen) atoms. The molecular formula is C18H25ClN2O2. The number of hydrogen-bond acceptors (Lipinski definition) is 2. The van der Waals surface area contributed by atoms with Gasteiger partial charge < -0.3 is 10.2 Å². The normalized spacial score (nSPS) is 17.8. The van der Waals surface area contributed by atoms with Crippen LogP contribution < -0.4 is 5.32 Å². The first-order valence-corrected chi connectivity index (χ1v) is 8.75. The Labute approximate surface area is 143 Å². The van der Waals surface area contributed by atoms with Crippen LogP contribution in [0.5, 0.6) is 0 Å². The fraction of sp³-hybridized carbons (Fsp3) is 0.556. The third-order valence-electron chi connectivity index (χ3n) is 4.24. The van der Waals surface area contributed by atoms with E-state index in [0.29, 0.717) is 30.3 Å². The summed E-state index contributed by atoms with van der Waals surface area (Å²) < 4.78 is 0. The van der Waals surface area contributed by atoms with Crippen molar-refractivity contribution in [1.82, 2.24) is 10.2 Å². The van der Waals surface area contributed by atoms with Gasteiger partial charge in [-0.15, -0.1) is 0 Å². The van der Waals surface area contributed by atoms with Gasteiger partial charge in [-0.25, -0.2) is 0 Å². The van der Waals surface area contributed by atoms with Crippen molar-refractivity contribution in [2.75, 3.05) is 19.6 Å². The molecule has 0 aliphatic carbocycles. The number of carbonyl (C=O) groups is 2. The van der Waals surface area contributed by atoms with Crippen LogP contribution in [-0.2, 0) is 16.0 Å². The Morgan fingerprint density at radius 2 is 2.13 bits per heavy atom. The largest absolute Gasteiger partial charge is 0.356 e. The van der Waals surface area contributed by atoms with Crippen molar-refractivity contribution in [3.05, 3.63) is 34.9 Å². The minimum absolute atomic E-state index is 0.104. The SMILES string of the molecule is CCCC(=O)NC[C@H]1CCCN(C(=O)Cc2ccccc2Cl)C1. The second-order valence-corrected chi connectivity index (χ2v) is 6.58. The van der Waals surface area contributed by atoms with E-state index in [4.69, 9.17) is 11.6 Å². The van der Waals surface area contributed by atoms with Crippen LogP contribution in [0.1, 0.15) is 38.2 Å². The molecule has 0 radical (unpaired) electrons. The van der Waals surface area contributed by atoms with Crippen LogP contribution in [0.2, 0.25) is 5.02 Å². The lowest BCUT2D eigenvalue weighted by Crippen LogP contribution is -2.44. The third-order valence-corrected chi connectivity index (χ3v) is 4.60.